The zero-order valence-corrected chi connectivity index (χ0v) is 14.0. The van der Waals surface area contributed by atoms with Crippen molar-refractivity contribution in [2.45, 2.75) is 38.8 Å². The van der Waals surface area contributed by atoms with Crippen LogP contribution in [-0.2, 0) is 9.59 Å². The number of fused-ring (bicyclic) bond motifs is 1. The number of amides is 2. The molecule has 2 amide bonds. The number of ether oxygens (including phenoxy) is 1. The molecule has 2 aliphatic rings. The number of nitrogens with one attached hydrogen (secondary N) is 3. The number of hydrogen-bond donors (Lipinski definition) is 3. The number of hydrogen-bond acceptors (Lipinski definition) is 4. The Bertz CT molecular complexity index is 608. The van der Waals surface area contributed by atoms with Crippen LogP contribution < -0.4 is 20.7 Å². The molecular formula is C16H22ClN3O3. The highest BCUT2D eigenvalue weighted by atomic mass is 35.5. The lowest BCUT2D eigenvalue weighted by atomic mass is 9.92. The van der Waals surface area contributed by atoms with E-state index in [1.54, 1.807) is 25.1 Å². The lowest BCUT2D eigenvalue weighted by Crippen LogP contribution is -2.40. The molecular weight excluding hydrogens is 318 g/mol. The Labute approximate surface area is 141 Å². The van der Waals surface area contributed by atoms with E-state index in [4.69, 9.17) is 4.74 Å². The SMILES string of the molecule is CC1Oc2ccc(NC(=O)[C@H]3CCN[C@@H](C)C3)cc2NC1=O.Cl. The van der Waals surface area contributed by atoms with Crippen LogP contribution >= 0.6 is 12.4 Å². The quantitative estimate of drug-likeness (QED) is 0.771. The van der Waals surface area contributed by atoms with Gasteiger partial charge >= 0.3 is 0 Å². The van der Waals surface area contributed by atoms with Gasteiger partial charge in [0.15, 0.2) is 6.10 Å². The molecule has 7 heteroatoms. The molecule has 126 valence electrons. The monoisotopic (exact) mass is 339 g/mol. The molecule has 0 radical (unpaired) electrons. The number of anilines is 2. The summed E-state index contributed by atoms with van der Waals surface area (Å²) in [5.41, 5.74) is 1.27. The van der Waals surface area contributed by atoms with Crippen molar-refractivity contribution in [1.29, 1.82) is 0 Å². The third-order valence-electron chi connectivity index (χ3n) is 4.17. The second-order valence-electron chi connectivity index (χ2n) is 6.03. The van der Waals surface area contributed by atoms with Gasteiger partial charge in [-0.2, -0.15) is 0 Å². The number of piperidine rings is 1. The molecule has 0 aliphatic carbocycles. The lowest BCUT2D eigenvalue weighted by Gasteiger charge is -2.27. The summed E-state index contributed by atoms with van der Waals surface area (Å²) in [5.74, 6) is 0.506. The molecule has 1 fully saturated rings. The first-order chi connectivity index (χ1) is 10.5. The van der Waals surface area contributed by atoms with E-state index < -0.39 is 6.10 Å². The summed E-state index contributed by atoms with van der Waals surface area (Å²) in [5, 5.41) is 9.06. The summed E-state index contributed by atoms with van der Waals surface area (Å²) >= 11 is 0. The van der Waals surface area contributed by atoms with E-state index in [0.29, 0.717) is 23.2 Å². The van der Waals surface area contributed by atoms with E-state index in [-0.39, 0.29) is 30.1 Å². The molecule has 2 aliphatic heterocycles. The predicted octanol–water partition coefficient (Wildman–Crippen LogP) is 2.15. The Morgan fingerprint density at radius 3 is 2.87 bits per heavy atom. The van der Waals surface area contributed by atoms with Crippen LogP contribution in [0.3, 0.4) is 0 Å². The van der Waals surface area contributed by atoms with Gasteiger partial charge in [-0.05, 0) is 51.4 Å². The summed E-state index contributed by atoms with van der Waals surface area (Å²) in [4.78, 5) is 24.0. The fraction of sp³-hybridized carbons (Fsp3) is 0.500. The maximum atomic E-state index is 12.3. The third kappa shape index (κ3) is 3.95. The van der Waals surface area contributed by atoms with Crippen molar-refractivity contribution in [3.63, 3.8) is 0 Å². The molecule has 2 heterocycles. The summed E-state index contributed by atoms with van der Waals surface area (Å²) in [6.45, 7) is 4.66. The van der Waals surface area contributed by atoms with E-state index in [1.807, 2.05) is 0 Å². The zero-order valence-electron chi connectivity index (χ0n) is 13.2. The Hall–Kier alpha value is -1.79. The molecule has 0 spiro atoms. The Morgan fingerprint density at radius 1 is 1.35 bits per heavy atom. The van der Waals surface area contributed by atoms with Gasteiger partial charge < -0.3 is 20.7 Å². The number of rotatable bonds is 2. The molecule has 1 saturated heterocycles. The Kier molecular flexibility index (Phi) is 5.49. The normalized spacial score (nSPS) is 26.2. The largest absolute Gasteiger partial charge is 0.479 e. The van der Waals surface area contributed by atoms with Gasteiger partial charge in [-0.1, -0.05) is 0 Å². The predicted molar refractivity (Wildman–Crippen MR) is 91.2 cm³/mol. The Morgan fingerprint density at radius 2 is 2.13 bits per heavy atom. The smallest absolute Gasteiger partial charge is 0.265 e. The van der Waals surface area contributed by atoms with Gasteiger partial charge in [-0.25, -0.2) is 0 Å². The van der Waals surface area contributed by atoms with Crippen LogP contribution in [0.1, 0.15) is 26.7 Å². The van der Waals surface area contributed by atoms with E-state index in [0.717, 1.165) is 19.4 Å². The van der Waals surface area contributed by atoms with Crippen LogP contribution in [0.5, 0.6) is 5.75 Å². The summed E-state index contributed by atoms with van der Waals surface area (Å²) < 4.78 is 5.50. The molecule has 1 aromatic rings. The van der Waals surface area contributed by atoms with Crippen molar-refractivity contribution in [1.82, 2.24) is 5.32 Å². The Balaban J connectivity index is 0.00000192. The van der Waals surface area contributed by atoms with Crippen molar-refractivity contribution < 1.29 is 14.3 Å². The first-order valence-electron chi connectivity index (χ1n) is 7.69. The fourth-order valence-electron chi connectivity index (χ4n) is 2.90. The fourth-order valence-corrected chi connectivity index (χ4v) is 2.90. The lowest BCUT2D eigenvalue weighted by molar-refractivity contribution is -0.122. The van der Waals surface area contributed by atoms with Crippen LogP contribution in [0, 0.1) is 5.92 Å². The van der Waals surface area contributed by atoms with Gasteiger partial charge in [0.05, 0.1) is 5.69 Å². The van der Waals surface area contributed by atoms with Crippen molar-refractivity contribution in [2.24, 2.45) is 5.92 Å². The average Bonchev–Trinajstić information content (AvgIpc) is 2.49. The van der Waals surface area contributed by atoms with Crippen LogP contribution in [-0.4, -0.2) is 30.5 Å². The second-order valence-corrected chi connectivity index (χ2v) is 6.03. The van der Waals surface area contributed by atoms with Gasteiger partial charge in [-0.15, -0.1) is 12.4 Å². The molecule has 3 atom stereocenters. The highest BCUT2D eigenvalue weighted by Crippen LogP contribution is 2.32. The standard InChI is InChI=1S/C16H21N3O3.ClH/c1-9-7-11(5-6-17-9)16(21)18-12-3-4-14-13(8-12)19-15(20)10(2)22-14;/h3-4,8-11,17H,5-7H2,1-2H3,(H,18,21)(H,19,20);1H/t9-,10?,11-;/m0./s1. The van der Waals surface area contributed by atoms with Gasteiger partial charge in [0.2, 0.25) is 5.91 Å². The van der Waals surface area contributed by atoms with Gasteiger partial charge in [0, 0.05) is 17.6 Å². The van der Waals surface area contributed by atoms with Crippen LogP contribution in [0.2, 0.25) is 0 Å². The highest BCUT2D eigenvalue weighted by Gasteiger charge is 2.26. The second kappa shape index (κ2) is 7.19. The maximum Gasteiger partial charge on any atom is 0.265 e. The molecule has 0 saturated carbocycles. The van der Waals surface area contributed by atoms with Crippen molar-refractivity contribution in [3.8, 4) is 5.75 Å². The van der Waals surface area contributed by atoms with Crippen molar-refractivity contribution >= 4 is 35.6 Å². The topological polar surface area (TPSA) is 79.5 Å². The van der Waals surface area contributed by atoms with Gasteiger partial charge in [-0.3, -0.25) is 9.59 Å². The molecule has 6 nitrogen and oxygen atoms in total. The van der Waals surface area contributed by atoms with Crippen molar-refractivity contribution in [3.05, 3.63) is 18.2 Å². The molecule has 1 aromatic carbocycles. The van der Waals surface area contributed by atoms with E-state index in [1.165, 1.54) is 0 Å². The van der Waals surface area contributed by atoms with Gasteiger partial charge in [0.1, 0.15) is 5.75 Å². The first-order valence-corrected chi connectivity index (χ1v) is 7.69. The summed E-state index contributed by atoms with van der Waals surface area (Å²) in [6.07, 6.45) is 1.19. The van der Waals surface area contributed by atoms with Crippen LogP contribution in [0.25, 0.3) is 0 Å². The van der Waals surface area contributed by atoms with Crippen LogP contribution in [0.15, 0.2) is 18.2 Å². The molecule has 1 unspecified atom stereocenters. The molecule has 0 bridgehead atoms. The molecule has 3 rings (SSSR count). The van der Waals surface area contributed by atoms with E-state index in [2.05, 4.69) is 22.9 Å². The minimum atomic E-state index is -0.496. The minimum Gasteiger partial charge on any atom is -0.479 e. The highest BCUT2D eigenvalue weighted by molar-refractivity contribution is 5.99. The molecule has 0 aromatic heterocycles. The average molecular weight is 340 g/mol. The number of carbonyl (C=O) groups excluding carboxylic acids is 2. The third-order valence-corrected chi connectivity index (χ3v) is 4.17. The van der Waals surface area contributed by atoms with Crippen molar-refractivity contribution in [2.75, 3.05) is 17.2 Å². The van der Waals surface area contributed by atoms with Gasteiger partial charge in [0.25, 0.3) is 5.91 Å². The summed E-state index contributed by atoms with van der Waals surface area (Å²) in [6, 6.07) is 5.67. The van der Waals surface area contributed by atoms with Crippen LogP contribution in [0.4, 0.5) is 11.4 Å². The first kappa shape index (κ1) is 17.6. The van der Waals surface area contributed by atoms with E-state index in [9.17, 15) is 9.59 Å². The van der Waals surface area contributed by atoms with E-state index >= 15 is 0 Å². The number of halogens is 1. The molecule has 23 heavy (non-hydrogen) atoms. The molecule has 3 N–H and O–H groups in total. The number of benzene rings is 1. The minimum absolute atomic E-state index is 0. The summed E-state index contributed by atoms with van der Waals surface area (Å²) in [7, 11) is 0. The zero-order chi connectivity index (χ0) is 15.7. The number of carbonyl (C=O) groups is 2. The maximum absolute atomic E-state index is 12.3.